The second-order valence-corrected chi connectivity index (χ2v) is 6.03. The van der Waals surface area contributed by atoms with Crippen molar-refractivity contribution in [3.05, 3.63) is 70.8 Å². The van der Waals surface area contributed by atoms with Gasteiger partial charge in [0.2, 0.25) is 0 Å². The fraction of sp³-hybridized carbons (Fsp3) is 0.300. The molecular formula is C20H21F2NO5. The van der Waals surface area contributed by atoms with Crippen molar-refractivity contribution in [1.82, 2.24) is 4.90 Å². The van der Waals surface area contributed by atoms with Gasteiger partial charge in [0.1, 0.15) is 18.2 Å². The van der Waals surface area contributed by atoms with Crippen LogP contribution in [0.2, 0.25) is 0 Å². The molecule has 6 nitrogen and oxygen atoms in total. The number of halogens is 2. The fourth-order valence-corrected chi connectivity index (χ4v) is 2.50. The number of hydrogen-bond acceptors (Lipinski definition) is 4. The minimum Gasteiger partial charge on any atom is -0.480 e. The lowest BCUT2D eigenvalue weighted by atomic mass is 10.1. The molecule has 2 rings (SSSR count). The van der Waals surface area contributed by atoms with E-state index in [-0.39, 0.29) is 30.9 Å². The van der Waals surface area contributed by atoms with Crippen LogP contribution in [0.25, 0.3) is 0 Å². The molecule has 0 aromatic heterocycles. The largest absolute Gasteiger partial charge is 0.480 e. The number of hydrogen-bond donors (Lipinski definition) is 1. The first-order valence-electron chi connectivity index (χ1n) is 8.51. The lowest BCUT2D eigenvalue weighted by Crippen LogP contribution is -2.35. The smallest absolute Gasteiger partial charge is 0.323 e. The van der Waals surface area contributed by atoms with Gasteiger partial charge in [0.05, 0.1) is 19.8 Å². The highest BCUT2D eigenvalue weighted by Gasteiger charge is 2.20. The summed E-state index contributed by atoms with van der Waals surface area (Å²) in [6.45, 7) is -0.00293. The van der Waals surface area contributed by atoms with E-state index < -0.39 is 30.1 Å². The van der Waals surface area contributed by atoms with E-state index in [0.29, 0.717) is 12.2 Å². The second-order valence-electron chi connectivity index (χ2n) is 6.03. The van der Waals surface area contributed by atoms with Gasteiger partial charge in [-0.1, -0.05) is 12.1 Å². The fourth-order valence-electron chi connectivity index (χ4n) is 2.50. The third-order valence-corrected chi connectivity index (χ3v) is 3.88. The molecule has 1 N–H and O–H groups in total. The van der Waals surface area contributed by atoms with Crippen LogP contribution in [0.5, 0.6) is 0 Å². The third kappa shape index (κ3) is 6.40. The van der Waals surface area contributed by atoms with Gasteiger partial charge >= 0.3 is 5.97 Å². The maximum absolute atomic E-state index is 14.0. The predicted molar refractivity (Wildman–Crippen MR) is 96.7 cm³/mol. The molecule has 150 valence electrons. The number of aliphatic carboxylic acids is 1. The van der Waals surface area contributed by atoms with Crippen molar-refractivity contribution >= 4 is 11.9 Å². The van der Waals surface area contributed by atoms with Crippen molar-refractivity contribution < 1.29 is 33.0 Å². The summed E-state index contributed by atoms with van der Waals surface area (Å²) in [5.74, 6) is -2.74. The van der Waals surface area contributed by atoms with E-state index >= 15 is 0 Å². The van der Waals surface area contributed by atoms with Gasteiger partial charge in [-0.2, -0.15) is 0 Å². The highest BCUT2D eigenvalue weighted by atomic mass is 19.1. The van der Waals surface area contributed by atoms with E-state index in [0.717, 1.165) is 11.0 Å². The number of carbonyl (C=O) groups excluding carboxylic acids is 1. The van der Waals surface area contributed by atoms with Crippen LogP contribution in [0.4, 0.5) is 8.78 Å². The van der Waals surface area contributed by atoms with Crippen LogP contribution in [-0.2, 0) is 27.4 Å². The van der Waals surface area contributed by atoms with E-state index in [9.17, 15) is 18.4 Å². The number of methoxy groups -OCH3 is 1. The average molecular weight is 393 g/mol. The number of benzene rings is 2. The summed E-state index contributed by atoms with van der Waals surface area (Å²) in [4.78, 5) is 25.1. The quantitative estimate of drug-likeness (QED) is 0.628. The minimum absolute atomic E-state index is 0.0253. The maximum atomic E-state index is 14.0. The summed E-state index contributed by atoms with van der Waals surface area (Å²) in [6.07, 6.45) is 0. The van der Waals surface area contributed by atoms with Gasteiger partial charge in [0.25, 0.3) is 5.91 Å². The van der Waals surface area contributed by atoms with Crippen molar-refractivity contribution in [2.75, 3.05) is 26.9 Å². The number of carbonyl (C=O) groups is 2. The van der Waals surface area contributed by atoms with Gasteiger partial charge in [-0.15, -0.1) is 0 Å². The number of carboxylic acid groups (broad SMARTS) is 1. The zero-order chi connectivity index (χ0) is 20.5. The molecule has 0 radical (unpaired) electrons. The normalized spacial score (nSPS) is 10.7. The van der Waals surface area contributed by atoms with Crippen molar-refractivity contribution in [1.29, 1.82) is 0 Å². The Morgan fingerprint density at radius 3 is 2.43 bits per heavy atom. The van der Waals surface area contributed by atoms with E-state index in [4.69, 9.17) is 14.6 Å². The first kappa shape index (κ1) is 21.5. The van der Waals surface area contributed by atoms with Crippen molar-refractivity contribution in [2.24, 2.45) is 0 Å². The summed E-state index contributed by atoms with van der Waals surface area (Å²) in [5.41, 5.74) is 0.885. The summed E-state index contributed by atoms with van der Waals surface area (Å²) in [6, 6.07) is 9.16. The zero-order valence-electron chi connectivity index (χ0n) is 15.4. The van der Waals surface area contributed by atoms with Crippen molar-refractivity contribution in [2.45, 2.75) is 13.2 Å². The first-order valence-corrected chi connectivity index (χ1v) is 8.51. The summed E-state index contributed by atoms with van der Waals surface area (Å²) in [7, 11) is 1.52. The Labute approximate surface area is 161 Å². The monoisotopic (exact) mass is 393 g/mol. The predicted octanol–water partition coefficient (Wildman–Crippen LogP) is 2.85. The van der Waals surface area contributed by atoms with Gasteiger partial charge in [0.15, 0.2) is 0 Å². The Morgan fingerprint density at radius 2 is 1.79 bits per heavy atom. The first-order chi connectivity index (χ1) is 13.4. The molecular weight excluding hydrogens is 372 g/mol. The Kier molecular flexibility index (Phi) is 8.03. The molecule has 2 aromatic rings. The summed E-state index contributed by atoms with van der Waals surface area (Å²) in [5, 5.41) is 9.12. The Bertz CT molecular complexity index is 811. The molecule has 0 aliphatic rings. The molecule has 2 aromatic carbocycles. The molecule has 0 aliphatic heterocycles. The highest BCUT2D eigenvalue weighted by molar-refractivity contribution is 5.96. The van der Waals surface area contributed by atoms with Crippen LogP contribution in [0, 0.1) is 11.6 Å². The number of amides is 1. The second kappa shape index (κ2) is 10.5. The molecule has 28 heavy (non-hydrogen) atoms. The van der Waals surface area contributed by atoms with Crippen LogP contribution in [0.3, 0.4) is 0 Å². The maximum Gasteiger partial charge on any atom is 0.323 e. The Morgan fingerprint density at radius 1 is 1.07 bits per heavy atom. The average Bonchev–Trinajstić information content (AvgIpc) is 2.67. The molecule has 0 aliphatic carbocycles. The summed E-state index contributed by atoms with van der Waals surface area (Å²) < 4.78 is 37.2. The zero-order valence-corrected chi connectivity index (χ0v) is 15.4. The molecule has 1 amide bonds. The molecule has 0 saturated carbocycles. The number of carboxylic acids is 1. The van der Waals surface area contributed by atoms with Crippen LogP contribution in [-0.4, -0.2) is 48.8 Å². The number of rotatable bonds is 10. The standard InChI is InChI=1S/C20H21F2NO5/c1-27-8-9-28-13-16-10-15(4-7-18(16)22)20(26)23(12-19(24)25)11-14-2-5-17(21)6-3-14/h2-7,10H,8-9,11-13H2,1H3,(H,24,25). The van der Waals surface area contributed by atoms with Crippen molar-refractivity contribution in [3.8, 4) is 0 Å². The molecule has 0 saturated heterocycles. The van der Waals surface area contributed by atoms with Crippen molar-refractivity contribution in [3.63, 3.8) is 0 Å². The Hall–Kier alpha value is -2.84. The van der Waals surface area contributed by atoms with Gasteiger partial charge in [-0.05, 0) is 35.9 Å². The van der Waals surface area contributed by atoms with Gasteiger partial charge in [0, 0.05) is 24.8 Å². The topological polar surface area (TPSA) is 76.1 Å². The molecule has 0 heterocycles. The Balaban J connectivity index is 2.18. The third-order valence-electron chi connectivity index (χ3n) is 3.88. The molecule has 0 bridgehead atoms. The minimum atomic E-state index is -1.19. The van der Waals surface area contributed by atoms with E-state index in [1.54, 1.807) is 0 Å². The van der Waals surface area contributed by atoms with E-state index in [1.807, 2.05) is 0 Å². The van der Waals surface area contributed by atoms with Crippen LogP contribution in [0.15, 0.2) is 42.5 Å². The lowest BCUT2D eigenvalue weighted by molar-refractivity contribution is -0.137. The molecule has 0 spiro atoms. The lowest BCUT2D eigenvalue weighted by Gasteiger charge is -2.21. The molecule has 0 atom stereocenters. The summed E-state index contributed by atoms with van der Waals surface area (Å²) >= 11 is 0. The van der Waals surface area contributed by atoms with Gasteiger partial charge in [-0.25, -0.2) is 8.78 Å². The molecule has 0 fully saturated rings. The SMILES string of the molecule is COCCOCc1cc(C(=O)N(CC(=O)O)Cc2ccc(F)cc2)ccc1F. The van der Waals surface area contributed by atoms with Gasteiger partial charge in [-0.3, -0.25) is 9.59 Å². The van der Waals surface area contributed by atoms with E-state index in [1.165, 1.54) is 43.5 Å². The van der Waals surface area contributed by atoms with Crippen LogP contribution >= 0.6 is 0 Å². The van der Waals surface area contributed by atoms with Crippen LogP contribution < -0.4 is 0 Å². The van der Waals surface area contributed by atoms with E-state index in [2.05, 4.69) is 0 Å². The van der Waals surface area contributed by atoms with Gasteiger partial charge < -0.3 is 19.5 Å². The van der Waals surface area contributed by atoms with Crippen LogP contribution in [0.1, 0.15) is 21.5 Å². The number of nitrogens with zero attached hydrogens (tertiary/aromatic N) is 1. The molecule has 8 heteroatoms. The highest BCUT2D eigenvalue weighted by Crippen LogP contribution is 2.16. The number of ether oxygens (including phenoxy) is 2. The molecule has 0 unspecified atom stereocenters.